The van der Waals surface area contributed by atoms with Crippen LogP contribution in [0.1, 0.15) is 28.9 Å². The number of aryl methyl sites for hydroxylation is 2. The number of thiocarbonyl (C=S) groups is 1. The monoisotopic (exact) mass is 516 g/mol. The standard InChI is InChI=1S/C27H24N4O3S2/c1-18-8-5-13-30-24(18)29-23(28-17-20-12-7-15-34-20)21(25(30)32)16-22-26(33)31(27(35)36-22)14-6-11-19-9-3-2-4-10-19/h2-5,7-10,12-13,15-16,28H,6,11,14,17H2,1H3. The fraction of sp³-hybridized carbons (Fsp3) is 0.185. The smallest absolute Gasteiger partial charge is 0.267 e. The maximum absolute atomic E-state index is 13.5. The van der Waals surface area contributed by atoms with Gasteiger partial charge in [-0.2, -0.15) is 0 Å². The SMILES string of the molecule is Cc1cccn2c(=O)c(C=C3SC(=S)N(CCCc4ccccc4)C3=O)c(NCc3ccco3)nc12. The molecule has 0 atom stereocenters. The van der Waals surface area contributed by atoms with Gasteiger partial charge in [-0.1, -0.05) is 60.4 Å². The van der Waals surface area contributed by atoms with Crippen LogP contribution in [0.15, 0.2) is 81.2 Å². The van der Waals surface area contributed by atoms with E-state index in [0.717, 1.165) is 18.4 Å². The van der Waals surface area contributed by atoms with E-state index in [1.165, 1.54) is 21.7 Å². The van der Waals surface area contributed by atoms with Gasteiger partial charge in [0.15, 0.2) is 0 Å². The highest BCUT2D eigenvalue weighted by atomic mass is 32.2. The molecule has 1 amide bonds. The maximum Gasteiger partial charge on any atom is 0.267 e. The summed E-state index contributed by atoms with van der Waals surface area (Å²) in [7, 11) is 0. The summed E-state index contributed by atoms with van der Waals surface area (Å²) in [6.07, 6.45) is 6.52. The molecule has 0 spiro atoms. The van der Waals surface area contributed by atoms with Crippen molar-refractivity contribution in [2.75, 3.05) is 11.9 Å². The van der Waals surface area contributed by atoms with Crippen LogP contribution < -0.4 is 10.9 Å². The molecule has 4 heterocycles. The zero-order valence-electron chi connectivity index (χ0n) is 19.6. The van der Waals surface area contributed by atoms with Crippen LogP contribution in [-0.4, -0.2) is 31.1 Å². The van der Waals surface area contributed by atoms with E-state index in [1.807, 2.05) is 37.3 Å². The Morgan fingerprint density at radius 3 is 2.72 bits per heavy atom. The number of nitrogens with one attached hydrogen (secondary N) is 1. The lowest BCUT2D eigenvalue weighted by Crippen LogP contribution is -2.29. The normalized spacial score (nSPS) is 14.8. The molecule has 0 bridgehead atoms. The molecule has 0 saturated carbocycles. The number of pyridine rings is 1. The number of carbonyl (C=O) groups excluding carboxylic acids is 1. The zero-order chi connectivity index (χ0) is 25.1. The van der Waals surface area contributed by atoms with E-state index in [1.54, 1.807) is 35.6 Å². The number of thioether (sulfide) groups is 1. The molecule has 4 aromatic rings. The molecule has 5 rings (SSSR count). The minimum Gasteiger partial charge on any atom is -0.467 e. The highest BCUT2D eigenvalue weighted by molar-refractivity contribution is 8.26. The molecule has 7 nitrogen and oxygen atoms in total. The van der Waals surface area contributed by atoms with Gasteiger partial charge in [0.1, 0.15) is 21.5 Å². The third-order valence-corrected chi connectivity index (χ3v) is 7.31. The maximum atomic E-state index is 13.5. The van der Waals surface area contributed by atoms with Crippen molar-refractivity contribution in [2.45, 2.75) is 26.3 Å². The van der Waals surface area contributed by atoms with Crippen molar-refractivity contribution in [3.05, 3.63) is 105 Å². The second-order valence-corrected chi connectivity index (χ2v) is 10.1. The molecule has 1 aliphatic heterocycles. The summed E-state index contributed by atoms with van der Waals surface area (Å²) >= 11 is 6.72. The number of hydrogen-bond acceptors (Lipinski definition) is 7. The first-order chi connectivity index (χ1) is 17.5. The van der Waals surface area contributed by atoms with Crippen molar-refractivity contribution in [1.82, 2.24) is 14.3 Å². The molecule has 182 valence electrons. The molecule has 3 aromatic heterocycles. The molecule has 36 heavy (non-hydrogen) atoms. The van der Waals surface area contributed by atoms with Gasteiger partial charge in [-0.3, -0.25) is 18.9 Å². The Morgan fingerprint density at radius 1 is 1.11 bits per heavy atom. The Morgan fingerprint density at radius 2 is 1.94 bits per heavy atom. The van der Waals surface area contributed by atoms with E-state index < -0.39 is 0 Å². The van der Waals surface area contributed by atoms with Gasteiger partial charge in [0.2, 0.25) is 0 Å². The Hall–Kier alpha value is -3.69. The largest absolute Gasteiger partial charge is 0.467 e. The second kappa shape index (κ2) is 10.5. The fourth-order valence-corrected chi connectivity index (χ4v) is 5.36. The van der Waals surface area contributed by atoms with Gasteiger partial charge >= 0.3 is 0 Å². The van der Waals surface area contributed by atoms with Crippen molar-refractivity contribution in [2.24, 2.45) is 0 Å². The van der Waals surface area contributed by atoms with Crippen LogP contribution in [0.5, 0.6) is 0 Å². The van der Waals surface area contributed by atoms with E-state index in [2.05, 4.69) is 17.4 Å². The Bertz CT molecular complexity index is 1510. The van der Waals surface area contributed by atoms with Gasteiger partial charge in [-0.25, -0.2) is 4.98 Å². The molecule has 9 heteroatoms. The van der Waals surface area contributed by atoms with Crippen molar-refractivity contribution in [3.8, 4) is 0 Å². The number of fused-ring (bicyclic) bond motifs is 1. The van der Waals surface area contributed by atoms with Crippen LogP contribution in [0.4, 0.5) is 5.82 Å². The number of nitrogens with zero attached hydrogens (tertiary/aromatic N) is 3. The molecule has 0 radical (unpaired) electrons. The molecular weight excluding hydrogens is 492 g/mol. The van der Waals surface area contributed by atoms with E-state index >= 15 is 0 Å². The number of rotatable bonds is 8. The van der Waals surface area contributed by atoms with Crippen molar-refractivity contribution in [3.63, 3.8) is 0 Å². The third-order valence-electron chi connectivity index (χ3n) is 5.93. The summed E-state index contributed by atoms with van der Waals surface area (Å²) in [6, 6.07) is 17.5. The van der Waals surface area contributed by atoms with E-state index in [4.69, 9.17) is 21.6 Å². The summed E-state index contributed by atoms with van der Waals surface area (Å²) in [5, 5.41) is 3.21. The number of furan rings is 1. The number of aromatic nitrogens is 2. The molecule has 0 aliphatic carbocycles. The highest BCUT2D eigenvalue weighted by Gasteiger charge is 2.32. The molecule has 1 aromatic carbocycles. The summed E-state index contributed by atoms with van der Waals surface area (Å²) in [6.45, 7) is 2.77. The number of hydrogen-bond donors (Lipinski definition) is 1. The first kappa shape index (κ1) is 24.0. The molecule has 1 aliphatic rings. The summed E-state index contributed by atoms with van der Waals surface area (Å²) < 4.78 is 7.41. The average molecular weight is 517 g/mol. The van der Waals surface area contributed by atoms with E-state index in [9.17, 15) is 9.59 Å². The lowest BCUT2D eigenvalue weighted by molar-refractivity contribution is -0.122. The van der Waals surface area contributed by atoms with Crippen molar-refractivity contribution < 1.29 is 9.21 Å². The van der Waals surface area contributed by atoms with Crippen LogP contribution in [0.25, 0.3) is 11.7 Å². The number of benzene rings is 1. The fourth-order valence-electron chi connectivity index (χ4n) is 4.07. The molecular formula is C27H24N4O3S2. The predicted molar refractivity (Wildman–Crippen MR) is 147 cm³/mol. The summed E-state index contributed by atoms with van der Waals surface area (Å²) in [5.74, 6) is 0.904. The molecule has 1 fully saturated rings. The van der Waals surface area contributed by atoms with Crippen molar-refractivity contribution in [1.29, 1.82) is 0 Å². The summed E-state index contributed by atoms with van der Waals surface area (Å²) in [5.41, 5.74) is 2.67. The van der Waals surface area contributed by atoms with E-state index in [0.29, 0.717) is 45.1 Å². The van der Waals surface area contributed by atoms with Crippen molar-refractivity contribution >= 4 is 51.7 Å². The quantitative estimate of drug-likeness (QED) is 0.260. The van der Waals surface area contributed by atoms with Gasteiger partial charge in [-0.15, -0.1) is 0 Å². The zero-order valence-corrected chi connectivity index (χ0v) is 21.3. The second-order valence-electron chi connectivity index (χ2n) is 8.42. The Kier molecular flexibility index (Phi) is 7.02. The topological polar surface area (TPSA) is 79.9 Å². The molecule has 1 N–H and O–H groups in total. The molecule has 0 unspecified atom stereocenters. The number of amides is 1. The van der Waals surface area contributed by atoms with Crippen LogP contribution in [-0.2, 0) is 17.8 Å². The number of anilines is 1. The first-order valence-electron chi connectivity index (χ1n) is 11.6. The lowest BCUT2D eigenvalue weighted by atomic mass is 10.1. The first-order valence-corrected chi connectivity index (χ1v) is 12.8. The predicted octanol–water partition coefficient (Wildman–Crippen LogP) is 5.04. The minimum absolute atomic E-state index is 0.191. The Balaban J connectivity index is 1.43. The van der Waals surface area contributed by atoms with Gasteiger partial charge in [-0.05, 0) is 55.2 Å². The number of carbonyl (C=O) groups is 1. The minimum atomic E-state index is -0.264. The van der Waals surface area contributed by atoms with Crippen LogP contribution >= 0.6 is 24.0 Å². The lowest BCUT2D eigenvalue weighted by Gasteiger charge is -2.14. The summed E-state index contributed by atoms with van der Waals surface area (Å²) in [4.78, 5) is 33.5. The third kappa shape index (κ3) is 4.98. The molecule has 1 saturated heterocycles. The highest BCUT2D eigenvalue weighted by Crippen LogP contribution is 2.33. The Labute approximate surface area is 217 Å². The van der Waals surface area contributed by atoms with Crippen LogP contribution in [0, 0.1) is 6.92 Å². The van der Waals surface area contributed by atoms with Gasteiger partial charge < -0.3 is 9.73 Å². The van der Waals surface area contributed by atoms with Crippen LogP contribution in [0.3, 0.4) is 0 Å². The van der Waals surface area contributed by atoms with Gasteiger partial charge in [0, 0.05) is 12.7 Å². The van der Waals surface area contributed by atoms with Gasteiger partial charge in [0.05, 0.1) is 23.3 Å². The van der Waals surface area contributed by atoms with E-state index in [-0.39, 0.29) is 11.5 Å². The average Bonchev–Trinajstić information content (AvgIpc) is 3.49. The van der Waals surface area contributed by atoms with Gasteiger partial charge in [0.25, 0.3) is 11.5 Å². The van der Waals surface area contributed by atoms with Crippen LogP contribution in [0.2, 0.25) is 0 Å².